The number of aliphatic hydroxyl groups excluding tert-OH is 2. The molecule has 3 N–H and O–H groups in total. The Hall–Kier alpha value is -1.33. The van der Waals surface area contributed by atoms with Gasteiger partial charge >= 0.3 is 51.4 Å². The van der Waals surface area contributed by atoms with Gasteiger partial charge in [0.05, 0.1) is 0 Å². The zero-order chi connectivity index (χ0) is 42.9. The largest absolute Gasteiger partial charge is 1.00 e. The van der Waals surface area contributed by atoms with E-state index >= 15 is 0 Å². The molecule has 4 rings (SSSR count). The number of hydrogen-bond acceptors (Lipinski definition) is 6. The number of nitrogens with one attached hydrogen (secondary N) is 1. The Labute approximate surface area is 413 Å². The van der Waals surface area contributed by atoms with Crippen molar-refractivity contribution in [2.24, 2.45) is 0 Å². The van der Waals surface area contributed by atoms with Gasteiger partial charge in [-0.05, 0) is 93.1 Å². The van der Waals surface area contributed by atoms with E-state index in [0.717, 1.165) is 67.8 Å². The van der Waals surface area contributed by atoms with Gasteiger partial charge in [0.1, 0.15) is 24.7 Å². The summed E-state index contributed by atoms with van der Waals surface area (Å²) in [5.41, 5.74) is 3.55. The third-order valence-electron chi connectivity index (χ3n) is 8.23. The van der Waals surface area contributed by atoms with E-state index in [1.165, 1.54) is 42.5 Å². The third-order valence-corrected chi connectivity index (χ3v) is 14.1. The van der Waals surface area contributed by atoms with Crippen molar-refractivity contribution in [3.8, 4) is 11.5 Å². The predicted molar refractivity (Wildman–Crippen MR) is 260 cm³/mol. The molecule has 0 amide bonds. The van der Waals surface area contributed by atoms with Crippen LogP contribution in [0.3, 0.4) is 0 Å². The zero-order valence-electron chi connectivity index (χ0n) is 38.2. The molecule has 0 atom stereocenters. The molecule has 4 aromatic carbocycles. The fraction of sp³-hybridized carbons (Fsp3) is 0.500. The van der Waals surface area contributed by atoms with Crippen molar-refractivity contribution in [2.45, 2.75) is 118 Å². The predicted octanol–water partition coefficient (Wildman–Crippen LogP) is 9.86. The number of halogens is 1. The molecule has 0 aliphatic heterocycles. The summed E-state index contributed by atoms with van der Waals surface area (Å²) in [6.45, 7) is 24.2. The Bertz CT molecular complexity index is 1530. The molecular formula is C48H77BrKN3O4Si2. The van der Waals surface area contributed by atoms with E-state index in [4.69, 9.17) is 24.3 Å². The number of aliphatic hydroxyl groups is 2. The molecule has 0 spiro atoms. The van der Waals surface area contributed by atoms with Crippen LogP contribution in [0.5, 0.6) is 11.5 Å². The molecule has 324 valence electrons. The third kappa shape index (κ3) is 33.9. The summed E-state index contributed by atoms with van der Waals surface area (Å²) in [4.78, 5) is 2.40. The molecule has 4 aromatic rings. The zero-order valence-corrected chi connectivity index (χ0v) is 44.9. The maximum absolute atomic E-state index is 9.01. The van der Waals surface area contributed by atoms with Gasteiger partial charge in [-0.1, -0.05) is 171 Å². The van der Waals surface area contributed by atoms with Gasteiger partial charge in [-0.15, -0.1) is 0 Å². The Morgan fingerprint density at radius 1 is 0.576 bits per heavy atom. The van der Waals surface area contributed by atoms with Crippen LogP contribution < -0.4 is 71.1 Å². The molecule has 0 heterocycles. The van der Waals surface area contributed by atoms with E-state index in [0.29, 0.717) is 19.8 Å². The number of rotatable bonds is 23. The van der Waals surface area contributed by atoms with Crippen LogP contribution in [-0.2, 0) is 13.2 Å². The van der Waals surface area contributed by atoms with E-state index < -0.39 is 16.5 Å². The average molecular weight is 935 g/mol. The summed E-state index contributed by atoms with van der Waals surface area (Å²) in [6.07, 6.45) is 8.77. The first-order valence-electron chi connectivity index (χ1n) is 21.4. The summed E-state index contributed by atoms with van der Waals surface area (Å²) < 4.78 is 17.4. The second-order valence-corrected chi connectivity index (χ2v) is 26.8. The summed E-state index contributed by atoms with van der Waals surface area (Å²) in [5.74, 6) is 1.79. The molecule has 11 heteroatoms. The van der Waals surface area contributed by atoms with Gasteiger partial charge in [-0.3, -0.25) is 0 Å². The number of anilines is 1. The fourth-order valence-corrected chi connectivity index (χ4v) is 14.2. The number of nitrogens with zero attached hydrogens (tertiary/aromatic N) is 2. The van der Waals surface area contributed by atoms with E-state index in [1.54, 1.807) is 0 Å². The van der Waals surface area contributed by atoms with Crippen LogP contribution in [0.2, 0.25) is 39.3 Å². The minimum atomic E-state index is -1.11. The molecule has 0 saturated heterocycles. The number of ether oxygens (including phenoxy) is 2. The standard InChI is InChI=1S/C21H29NO2.C13H11BrO.C8H19NO.C6H18NSi2.K/c1-2-3-14-22(15-7-8-16-23)20-12-9-13-21(17-20)24-18-19-10-5-4-6-11-19;14-12-7-4-8-13(9-12)15-10-11-5-2-1-3-6-11;1-2-3-6-9-7-4-5-8-10;1-8(2,3)7-9(4,5)6;/h4-6,9-13,17,23H,2-3,7-8,14-16,18H2,1H3;1-9H,10H2;9-10H,2-8H2,1H3;1-6H3;/q;;;-1;+1. The van der Waals surface area contributed by atoms with Gasteiger partial charge in [-0.25, -0.2) is 0 Å². The van der Waals surface area contributed by atoms with E-state index in [1.807, 2.05) is 66.7 Å². The van der Waals surface area contributed by atoms with Crippen LogP contribution in [0, 0.1) is 0 Å². The quantitative estimate of drug-likeness (QED) is 0.0508. The normalized spacial score (nSPS) is 10.7. The molecule has 0 unspecified atom stereocenters. The maximum atomic E-state index is 9.01. The van der Waals surface area contributed by atoms with E-state index in [2.05, 4.69) is 122 Å². The molecule has 0 fully saturated rings. The van der Waals surface area contributed by atoms with Crippen LogP contribution in [0.25, 0.3) is 4.65 Å². The van der Waals surface area contributed by atoms with Crippen molar-refractivity contribution in [1.29, 1.82) is 0 Å². The summed E-state index contributed by atoms with van der Waals surface area (Å²) in [6, 6.07) is 36.6. The van der Waals surface area contributed by atoms with Crippen LogP contribution >= 0.6 is 15.9 Å². The summed E-state index contributed by atoms with van der Waals surface area (Å²) >= 11 is 3.41. The van der Waals surface area contributed by atoms with Gasteiger partial charge in [-0.2, -0.15) is 0 Å². The van der Waals surface area contributed by atoms with Gasteiger partial charge in [0.2, 0.25) is 0 Å². The minimum Gasteiger partial charge on any atom is -0.668 e. The van der Waals surface area contributed by atoms with Crippen LogP contribution in [-0.4, -0.2) is 66.1 Å². The van der Waals surface area contributed by atoms with Gasteiger partial charge < -0.3 is 34.6 Å². The average Bonchev–Trinajstić information content (AvgIpc) is 3.19. The molecule has 0 bridgehead atoms. The van der Waals surface area contributed by atoms with Crippen molar-refractivity contribution in [3.63, 3.8) is 0 Å². The van der Waals surface area contributed by atoms with E-state index in [-0.39, 0.29) is 58.0 Å². The first kappa shape index (κ1) is 57.7. The van der Waals surface area contributed by atoms with Crippen molar-refractivity contribution in [2.75, 3.05) is 44.3 Å². The van der Waals surface area contributed by atoms with Gasteiger partial charge in [0.15, 0.2) is 0 Å². The molecule has 0 radical (unpaired) electrons. The molecule has 0 aromatic heterocycles. The van der Waals surface area contributed by atoms with Gasteiger partial charge in [0.25, 0.3) is 0 Å². The smallest absolute Gasteiger partial charge is 0.668 e. The van der Waals surface area contributed by atoms with Crippen molar-refractivity contribution in [1.82, 2.24) is 5.32 Å². The molecule has 0 aliphatic carbocycles. The van der Waals surface area contributed by atoms with Crippen molar-refractivity contribution >= 4 is 38.1 Å². The SMILES string of the molecule is Brc1cccc(OCc2ccccc2)c1.CCCCN(CCCCO)c1cccc(OCc2ccccc2)c1.CCCCNCCCCO.C[Si](C)(C)[N-][Si](C)(C)C.[K+]. The summed E-state index contributed by atoms with van der Waals surface area (Å²) in [5, 5.41) is 20.8. The monoisotopic (exact) mass is 933 g/mol. The topological polar surface area (TPSA) is 88.3 Å². The molecular weight excluding hydrogens is 858 g/mol. The maximum Gasteiger partial charge on any atom is 1.00 e. The van der Waals surface area contributed by atoms with Crippen molar-refractivity contribution in [3.05, 3.63) is 129 Å². The van der Waals surface area contributed by atoms with Gasteiger partial charge in [0, 0.05) is 42.5 Å². The molecule has 59 heavy (non-hydrogen) atoms. The Morgan fingerprint density at radius 2 is 1.05 bits per heavy atom. The second-order valence-electron chi connectivity index (χ2n) is 16.3. The second kappa shape index (κ2) is 36.2. The van der Waals surface area contributed by atoms with E-state index in [9.17, 15) is 0 Å². The number of hydrogen-bond donors (Lipinski definition) is 3. The Kier molecular flexibility index (Phi) is 35.4. The first-order valence-corrected chi connectivity index (χ1v) is 29.1. The minimum absolute atomic E-state index is 0. The fourth-order valence-electron chi connectivity index (χ4n) is 5.74. The van der Waals surface area contributed by atoms with Crippen LogP contribution in [0.1, 0.15) is 76.3 Å². The number of unbranched alkanes of at least 4 members (excludes halogenated alkanes) is 4. The molecule has 0 saturated carbocycles. The number of benzene rings is 4. The Morgan fingerprint density at radius 3 is 1.53 bits per heavy atom. The first-order chi connectivity index (χ1) is 27.8. The molecule has 0 aliphatic rings. The van der Waals surface area contributed by atoms with Crippen LogP contribution in [0.15, 0.2) is 114 Å². The van der Waals surface area contributed by atoms with Crippen molar-refractivity contribution < 1.29 is 71.1 Å². The molecule has 7 nitrogen and oxygen atoms in total. The summed E-state index contributed by atoms with van der Waals surface area (Å²) in [7, 11) is -2.21. The Balaban J connectivity index is 0.000000825. The van der Waals surface area contributed by atoms with Crippen LogP contribution in [0.4, 0.5) is 5.69 Å².